The number of nitrogens with one attached hydrogen (secondary N) is 1. The summed E-state index contributed by atoms with van der Waals surface area (Å²) in [5.41, 5.74) is 0.378. The quantitative estimate of drug-likeness (QED) is 0.856. The summed E-state index contributed by atoms with van der Waals surface area (Å²) in [4.78, 5) is 12.5. The van der Waals surface area contributed by atoms with Gasteiger partial charge in [0.15, 0.2) is 11.5 Å². The Kier molecular flexibility index (Phi) is 4.92. The van der Waals surface area contributed by atoms with E-state index in [2.05, 4.69) is 17.0 Å². The third-order valence-electron chi connectivity index (χ3n) is 5.44. The molecule has 2 saturated carbocycles. The van der Waals surface area contributed by atoms with Gasteiger partial charge in [-0.1, -0.05) is 6.42 Å². The number of hydrogen-bond donors (Lipinski definition) is 1. The van der Waals surface area contributed by atoms with Crippen LogP contribution in [0.2, 0.25) is 0 Å². The van der Waals surface area contributed by atoms with E-state index in [4.69, 9.17) is 4.74 Å². The van der Waals surface area contributed by atoms with Gasteiger partial charge in [-0.3, -0.25) is 4.79 Å². The Morgan fingerprint density at radius 2 is 2.04 bits per heavy atom. The van der Waals surface area contributed by atoms with Crippen molar-refractivity contribution in [1.82, 2.24) is 5.32 Å². The molecule has 0 unspecified atom stereocenters. The molecule has 1 aromatic rings. The molecule has 0 radical (unpaired) electrons. The second-order valence-corrected chi connectivity index (χ2v) is 6.84. The number of ether oxygens (including phenoxy) is 2. The van der Waals surface area contributed by atoms with Gasteiger partial charge in [-0.2, -0.15) is 8.78 Å². The maximum atomic E-state index is 12.5. The fraction of sp³-hybridized carbons (Fsp3) is 0.611. The second-order valence-electron chi connectivity index (χ2n) is 6.84. The summed E-state index contributed by atoms with van der Waals surface area (Å²) in [7, 11) is 1.35. The number of carbonyl (C=O) groups excluding carboxylic acids is 1. The van der Waals surface area contributed by atoms with Gasteiger partial charge in [0.25, 0.3) is 5.91 Å². The monoisotopic (exact) mass is 339 g/mol. The molecule has 4 atom stereocenters. The molecule has 1 amide bonds. The molecule has 1 aromatic carbocycles. The molecule has 2 bridgehead atoms. The molecule has 0 saturated heterocycles. The van der Waals surface area contributed by atoms with Crippen LogP contribution in [0.1, 0.15) is 43.0 Å². The number of halogens is 2. The molecule has 24 heavy (non-hydrogen) atoms. The third-order valence-corrected chi connectivity index (χ3v) is 5.44. The number of methoxy groups -OCH3 is 1. The van der Waals surface area contributed by atoms with Gasteiger partial charge in [-0.05, 0) is 62.1 Å². The lowest BCUT2D eigenvalue weighted by Gasteiger charge is -2.28. The highest BCUT2D eigenvalue weighted by molar-refractivity contribution is 5.95. The van der Waals surface area contributed by atoms with E-state index in [-0.39, 0.29) is 23.4 Å². The number of amides is 1. The van der Waals surface area contributed by atoms with Crippen LogP contribution in [-0.4, -0.2) is 25.7 Å². The fourth-order valence-corrected chi connectivity index (χ4v) is 4.31. The lowest BCUT2D eigenvalue weighted by molar-refractivity contribution is -0.0512. The van der Waals surface area contributed by atoms with E-state index in [1.165, 1.54) is 51.0 Å². The van der Waals surface area contributed by atoms with Crippen LogP contribution >= 0.6 is 0 Å². The molecule has 3 rings (SSSR count). The van der Waals surface area contributed by atoms with Crippen LogP contribution < -0.4 is 14.8 Å². The highest BCUT2D eigenvalue weighted by Crippen LogP contribution is 2.49. The van der Waals surface area contributed by atoms with Gasteiger partial charge < -0.3 is 14.8 Å². The lowest BCUT2D eigenvalue weighted by Crippen LogP contribution is -2.40. The van der Waals surface area contributed by atoms with Crippen LogP contribution in [0.4, 0.5) is 8.78 Å². The van der Waals surface area contributed by atoms with Gasteiger partial charge >= 0.3 is 6.61 Å². The van der Waals surface area contributed by atoms with Crippen molar-refractivity contribution in [1.29, 1.82) is 0 Å². The van der Waals surface area contributed by atoms with Gasteiger partial charge in [0.05, 0.1) is 7.11 Å². The van der Waals surface area contributed by atoms with Crippen LogP contribution in [0.25, 0.3) is 0 Å². The van der Waals surface area contributed by atoms with Crippen molar-refractivity contribution >= 4 is 5.91 Å². The maximum Gasteiger partial charge on any atom is 0.387 e. The predicted molar refractivity (Wildman–Crippen MR) is 85.5 cm³/mol. The Hall–Kier alpha value is -1.85. The van der Waals surface area contributed by atoms with Crippen molar-refractivity contribution < 1.29 is 23.0 Å². The first-order valence-corrected chi connectivity index (χ1v) is 8.41. The van der Waals surface area contributed by atoms with Crippen LogP contribution in [0.15, 0.2) is 18.2 Å². The van der Waals surface area contributed by atoms with Crippen molar-refractivity contribution in [3.8, 4) is 11.5 Å². The van der Waals surface area contributed by atoms with E-state index in [0.29, 0.717) is 11.5 Å². The highest BCUT2D eigenvalue weighted by atomic mass is 19.3. The molecule has 0 aromatic heterocycles. The minimum absolute atomic E-state index is 0.0785. The minimum Gasteiger partial charge on any atom is -0.493 e. The van der Waals surface area contributed by atoms with Crippen molar-refractivity contribution in [2.24, 2.45) is 17.8 Å². The Bertz CT molecular complexity index is 608. The topological polar surface area (TPSA) is 47.6 Å². The molecule has 2 aliphatic carbocycles. The summed E-state index contributed by atoms with van der Waals surface area (Å²) in [5, 5.41) is 3.05. The van der Waals surface area contributed by atoms with E-state index >= 15 is 0 Å². The Balaban J connectivity index is 1.66. The third kappa shape index (κ3) is 3.47. The number of alkyl halides is 2. The molecular weight excluding hydrogens is 316 g/mol. The zero-order chi connectivity index (χ0) is 17.3. The second kappa shape index (κ2) is 6.95. The van der Waals surface area contributed by atoms with Gasteiger partial charge in [0, 0.05) is 11.6 Å². The molecule has 1 N–H and O–H groups in total. The lowest BCUT2D eigenvalue weighted by atomic mass is 9.84. The maximum absolute atomic E-state index is 12.5. The Morgan fingerprint density at radius 3 is 2.62 bits per heavy atom. The number of hydrogen-bond acceptors (Lipinski definition) is 3. The first kappa shape index (κ1) is 17.0. The molecule has 0 aliphatic heterocycles. The number of carbonyl (C=O) groups is 1. The van der Waals surface area contributed by atoms with Gasteiger partial charge in [-0.15, -0.1) is 0 Å². The van der Waals surface area contributed by atoms with Gasteiger partial charge in [-0.25, -0.2) is 0 Å². The van der Waals surface area contributed by atoms with Crippen molar-refractivity contribution in [2.75, 3.05) is 7.11 Å². The summed E-state index contributed by atoms with van der Waals surface area (Å²) in [5.74, 6) is 1.91. The minimum atomic E-state index is -2.93. The van der Waals surface area contributed by atoms with Gasteiger partial charge in [0.1, 0.15) is 0 Å². The van der Waals surface area contributed by atoms with Crippen molar-refractivity contribution in [2.45, 2.75) is 45.3 Å². The van der Waals surface area contributed by atoms with E-state index in [0.717, 1.165) is 11.8 Å². The number of fused-ring (bicyclic) bond motifs is 2. The van der Waals surface area contributed by atoms with E-state index in [9.17, 15) is 13.6 Å². The standard InChI is InChI=1S/C18H23F2NO3/c1-10(14-8-11-3-4-12(14)7-11)21-17(22)13-5-6-15(24-18(19)20)16(9-13)23-2/h5-6,9-12,14,18H,3-4,7-8H2,1-2H3,(H,21,22)/t10-,11-,12-,14+/m0/s1. The van der Waals surface area contributed by atoms with Crippen molar-refractivity contribution in [3.05, 3.63) is 23.8 Å². The predicted octanol–water partition coefficient (Wildman–Crippen LogP) is 3.85. The molecular formula is C18H23F2NO3. The average Bonchev–Trinajstić information content (AvgIpc) is 3.17. The van der Waals surface area contributed by atoms with Crippen LogP contribution in [0.5, 0.6) is 11.5 Å². The molecule has 0 spiro atoms. The summed E-state index contributed by atoms with van der Waals surface area (Å²) in [6.07, 6.45) is 5.07. The summed E-state index contributed by atoms with van der Waals surface area (Å²) >= 11 is 0. The smallest absolute Gasteiger partial charge is 0.387 e. The molecule has 4 nitrogen and oxygen atoms in total. The summed E-state index contributed by atoms with van der Waals surface area (Å²) < 4.78 is 34.1. The van der Waals surface area contributed by atoms with E-state index in [1.807, 2.05) is 0 Å². The van der Waals surface area contributed by atoms with Crippen LogP contribution in [-0.2, 0) is 0 Å². The molecule has 132 valence electrons. The first-order valence-electron chi connectivity index (χ1n) is 8.41. The van der Waals surface area contributed by atoms with Crippen LogP contribution in [0.3, 0.4) is 0 Å². The average molecular weight is 339 g/mol. The zero-order valence-electron chi connectivity index (χ0n) is 13.9. The van der Waals surface area contributed by atoms with Crippen LogP contribution in [0, 0.1) is 17.8 Å². The normalized spacial score (nSPS) is 26.5. The van der Waals surface area contributed by atoms with Crippen molar-refractivity contribution in [3.63, 3.8) is 0 Å². The Morgan fingerprint density at radius 1 is 1.25 bits per heavy atom. The fourth-order valence-electron chi connectivity index (χ4n) is 4.31. The molecule has 0 heterocycles. The SMILES string of the molecule is COc1cc(C(=O)N[C@@H](C)[C@H]2C[C@H]3CC[C@H]2C3)ccc1OC(F)F. The molecule has 2 fully saturated rings. The zero-order valence-corrected chi connectivity index (χ0v) is 13.9. The molecule has 6 heteroatoms. The van der Waals surface area contributed by atoms with E-state index in [1.54, 1.807) is 0 Å². The number of benzene rings is 1. The summed E-state index contributed by atoms with van der Waals surface area (Å²) in [6.45, 7) is -0.884. The largest absolute Gasteiger partial charge is 0.493 e. The van der Waals surface area contributed by atoms with Gasteiger partial charge in [0.2, 0.25) is 0 Å². The molecule has 2 aliphatic rings. The first-order chi connectivity index (χ1) is 11.5. The number of rotatable bonds is 6. The summed E-state index contributed by atoms with van der Waals surface area (Å²) in [6, 6.07) is 4.35. The Labute approximate surface area is 140 Å². The highest BCUT2D eigenvalue weighted by Gasteiger charge is 2.42. The van der Waals surface area contributed by atoms with E-state index < -0.39 is 6.61 Å².